The first-order valence-corrected chi connectivity index (χ1v) is 5.98. The molecule has 6 heteroatoms. The highest BCUT2D eigenvalue weighted by Gasteiger charge is 2.16. The summed E-state index contributed by atoms with van der Waals surface area (Å²) in [7, 11) is 0. The van der Waals surface area contributed by atoms with Crippen LogP contribution in [0.3, 0.4) is 0 Å². The van der Waals surface area contributed by atoms with Gasteiger partial charge in [0.2, 0.25) is 0 Å². The van der Waals surface area contributed by atoms with Gasteiger partial charge in [-0.15, -0.1) is 0 Å². The van der Waals surface area contributed by atoms with Crippen LogP contribution in [-0.4, -0.2) is 20.4 Å². The van der Waals surface area contributed by atoms with E-state index < -0.39 is 5.63 Å². The summed E-state index contributed by atoms with van der Waals surface area (Å²) in [6.07, 6.45) is 0. The summed E-state index contributed by atoms with van der Waals surface area (Å²) in [5.74, 6) is -0.860. The average Bonchev–Trinajstić information content (AvgIpc) is 2.39. The predicted octanol–water partition coefficient (Wildman–Crippen LogP) is 2.28. The molecular weight excluding hydrogens is 276 g/mol. The Balaban J connectivity index is 2.47. The van der Waals surface area contributed by atoms with Crippen LogP contribution < -0.4 is 5.63 Å². The van der Waals surface area contributed by atoms with E-state index in [4.69, 9.17) is 4.42 Å². The van der Waals surface area contributed by atoms with Gasteiger partial charge in [-0.25, -0.2) is 4.79 Å². The number of fused-ring (bicyclic) bond motifs is 1. The molecule has 0 aliphatic rings. The number of hydrogen-bond donors (Lipinski definition) is 4. The lowest BCUT2D eigenvalue weighted by atomic mass is 10.00. The molecule has 1 aromatic heterocycles. The van der Waals surface area contributed by atoms with E-state index in [2.05, 4.69) is 0 Å². The smallest absolute Gasteiger partial charge is 0.336 e. The van der Waals surface area contributed by atoms with Gasteiger partial charge in [0.1, 0.15) is 28.6 Å². The molecular formula is C15H10O6. The maximum absolute atomic E-state index is 11.6. The van der Waals surface area contributed by atoms with Crippen LogP contribution in [0.2, 0.25) is 0 Å². The molecule has 4 N–H and O–H groups in total. The fourth-order valence-corrected chi connectivity index (χ4v) is 2.22. The minimum atomic E-state index is -0.717. The minimum Gasteiger partial charge on any atom is -0.508 e. The molecule has 0 saturated carbocycles. The topological polar surface area (TPSA) is 111 Å². The van der Waals surface area contributed by atoms with Crippen LogP contribution in [0.5, 0.6) is 23.0 Å². The summed E-state index contributed by atoms with van der Waals surface area (Å²) in [6, 6.07) is 7.18. The summed E-state index contributed by atoms with van der Waals surface area (Å²) in [5, 5.41) is 39.0. The molecule has 0 aliphatic heterocycles. The summed E-state index contributed by atoms with van der Waals surface area (Å²) in [6.45, 7) is 0. The van der Waals surface area contributed by atoms with Crippen molar-refractivity contribution in [1.82, 2.24) is 0 Å². The fraction of sp³-hybridized carbons (Fsp3) is 0. The third kappa shape index (κ3) is 2.12. The molecule has 106 valence electrons. The van der Waals surface area contributed by atoms with Crippen molar-refractivity contribution < 1.29 is 24.8 Å². The third-order valence-electron chi connectivity index (χ3n) is 3.08. The van der Waals surface area contributed by atoms with Crippen LogP contribution in [0.4, 0.5) is 0 Å². The zero-order valence-corrected chi connectivity index (χ0v) is 10.6. The van der Waals surface area contributed by atoms with E-state index in [1.807, 2.05) is 0 Å². The van der Waals surface area contributed by atoms with Gasteiger partial charge in [0.15, 0.2) is 0 Å². The second-order valence-corrected chi connectivity index (χ2v) is 4.52. The maximum atomic E-state index is 11.6. The van der Waals surface area contributed by atoms with Crippen LogP contribution in [0.15, 0.2) is 45.6 Å². The van der Waals surface area contributed by atoms with Crippen molar-refractivity contribution in [1.29, 1.82) is 0 Å². The molecule has 1 heterocycles. The summed E-state index contributed by atoms with van der Waals surface area (Å²) in [5.41, 5.74) is -0.399. The monoisotopic (exact) mass is 286 g/mol. The summed E-state index contributed by atoms with van der Waals surface area (Å²) < 4.78 is 4.94. The molecule has 3 aromatic rings. The van der Waals surface area contributed by atoms with Gasteiger partial charge in [-0.2, -0.15) is 0 Å². The Kier molecular flexibility index (Phi) is 2.72. The van der Waals surface area contributed by atoms with Gasteiger partial charge in [-0.1, -0.05) is 0 Å². The number of rotatable bonds is 1. The summed E-state index contributed by atoms with van der Waals surface area (Å²) >= 11 is 0. The molecule has 0 fully saturated rings. The number of benzene rings is 2. The van der Waals surface area contributed by atoms with Gasteiger partial charge in [0.25, 0.3) is 0 Å². The van der Waals surface area contributed by atoms with Crippen LogP contribution in [0.1, 0.15) is 0 Å². The first-order chi connectivity index (χ1) is 9.95. The molecule has 0 aliphatic carbocycles. The van der Waals surface area contributed by atoms with Gasteiger partial charge >= 0.3 is 5.63 Å². The normalized spacial score (nSPS) is 10.9. The Hall–Kier alpha value is -3.15. The lowest BCUT2D eigenvalue weighted by molar-refractivity contribution is 0.451. The standard InChI is InChI=1S/C15H10O6/c16-7-1-2-11(18)9(3-7)10-6-14(20)21-13-5-8(17)4-12(19)15(10)13/h1-6,16-19H. The van der Waals surface area contributed by atoms with E-state index in [9.17, 15) is 25.2 Å². The van der Waals surface area contributed by atoms with Crippen molar-refractivity contribution in [2.75, 3.05) is 0 Å². The molecule has 2 aromatic carbocycles. The number of hydrogen-bond acceptors (Lipinski definition) is 6. The van der Waals surface area contributed by atoms with Crippen LogP contribution in [0.25, 0.3) is 22.1 Å². The molecule has 0 atom stereocenters. The van der Waals surface area contributed by atoms with Gasteiger partial charge in [-0.05, 0) is 18.2 Å². The molecule has 21 heavy (non-hydrogen) atoms. The lowest BCUT2D eigenvalue weighted by Crippen LogP contribution is -1.98. The molecule has 3 rings (SSSR count). The number of phenols is 4. The van der Waals surface area contributed by atoms with Crippen LogP contribution in [0, 0.1) is 0 Å². The molecule has 0 spiro atoms. The van der Waals surface area contributed by atoms with E-state index in [-0.39, 0.29) is 45.1 Å². The SMILES string of the molecule is O=c1cc(-c2cc(O)ccc2O)c2c(O)cc(O)cc2o1. The van der Waals surface area contributed by atoms with Gasteiger partial charge in [0, 0.05) is 29.3 Å². The second-order valence-electron chi connectivity index (χ2n) is 4.52. The molecule has 0 saturated heterocycles. The first-order valence-electron chi connectivity index (χ1n) is 5.98. The van der Waals surface area contributed by atoms with Crippen molar-refractivity contribution in [2.45, 2.75) is 0 Å². The zero-order valence-electron chi connectivity index (χ0n) is 10.6. The van der Waals surface area contributed by atoms with Crippen LogP contribution >= 0.6 is 0 Å². The lowest BCUT2D eigenvalue weighted by Gasteiger charge is -2.09. The third-order valence-corrected chi connectivity index (χ3v) is 3.08. The fourth-order valence-electron chi connectivity index (χ4n) is 2.22. The van der Waals surface area contributed by atoms with Gasteiger partial charge in [0.05, 0.1) is 5.39 Å². The highest BCUT2D eigenvalue weighted by Crippen LogP contribution is 2.40. The Morgan fingerprint density at radius 3 is 2.29 bits per heavy atom. The minimum absolute atomic E-state index is 0.0299. The zero-order chi connectivity index (χ0) is 15.1. The molecule has 6 nitrogen and oxygen atoms in total. The van der Waals surface area contributed by atoms with Gasteiger partial charge < -0.3 is 24.8 Å². The maximum Gasteiger partial charge on any atom is 0.336 e. The highest BCUT2D eigenvalue weighted by molar-refractivity contribution is 5.99. The molecule has 0 bridgehead atoms. The van der Waals surface area contributed by atoms with Crippen molar-refractivity contribution >= 4 is 11.0 Å². The largest absolute Gasteiger partial charge is 0.508 e. The van der Waals surface area contributed by atoms with Gasteiger partial charge in [-0.3, -0.25) is 0 Å². The number of phenolic OH excluding ortho intramolecular Hbond substituents is 4. The van der Waals surface area contributed by atoms with E-state index in [1.54, 1.807) is 0 Å². The Bertz CT molecular complexity index is 910. The van der Waals surface area contributed by atoms with E-state index in [0.717, 1.165) is 12.1 Å². The Morgan fingerprint density at radius 2 is 1.52 bits per heavy atom. The van der Waals surface area contributed by atoms with Crippen molar-refractivity contribution in [2.24, 2.45) is 0 Å². The van der Waals surface area contributed by atoms with Crippen molar-refractivity contribution in [3.05, 3.63) is 46.8 Å². The van der Waals surface area contributed by atoms with Crippen LogP contribution in [-0.2, 0) is 0 Å². The second kappa shape index (κ2) is 4.45. The predicted molar refractivity (Wildman–Crippen MR) is 74.6 cm³/mol. The molecule has 0 amide bonds. The van der Waals surface area contributed by atoms with E-state index >= 15 is 0 Å². The number of aromatic hydroxyl groups is 4. The van der Waals surface area contributed by atoms with E-state index in [0.29, 0.717) is 0 Å². The highest BCUT2D eigenvalue weighted by atomic mass is 16.4. The Labute approximate surface area is 117 Å². The average molecular weight is 286 g/mol. The Morgan fingerprint density at radius 1 is 0.762 bits per heavy atom. The first kappa shape index (κ1) is 12.9. The molecule has 0 radical (unpaired) electrons. The molecule has 0 unspecified atom stereocenters. The summed E-state index contributed by atoms with van der Waals surface area (Å²) in [4.78, 5) is 11.6. The quantitative estimate of drug-likeness (QED) is 0.403. The van der Waals surface area contributed by atoms with Crippen molar-refractivity contribution in [3.8, 4) is 34.1 Å². The van der Waals surface area contributed by atoms with Crippen molar-refractivity contribution in [3.63, 3.8) is 0 Å². The van der Waals surface area contributed by atoms with E-state index in [1.165, 1.54) is 24.3 Å².